The lowest BCUT2D eigenvalue weighted by Crippen LogP contribution is -2.53. The number of unbranched alkanes of at least 4 members (excludes halogenated alkanes) is 5. The maximum Gasteiger partial charge on any atom is 0.329 e. The molecule has 0 spiro atoms. The maximum atomic E-state index is 13.2. The second-order valence-electron chi connectivity index (χ2n) is 20.6. The number of carboxylic acid groups (broad SMARTS) is 1. The van der Waals surface area contributed by atoms with Gasteiger partial charge in [-0.3, -0.25) is 24.1 Å². The molecule has 3 amide bonds. The number of nitrogens with zero attached hydrogens (tertiary/aromatic N) is 5. The topological polar surface area (TPSA) is 242 Å². The van der Waals surface area contributed by atoms with Crippen molar-refractivity contribution >= 4 is 41.6 Å². The van der Waals surface area contributed by atoms with Crippen molar-refractivity contribution in [2.75, 3.05) is 13.1 Å². The molecule has 0 aliphatic heterocycles. The Balaban J connectivity index is 0.0000238. The number of ether oxygens (including phenoxy) is 3. The molecular weight excluding hydrogens is 889 g/mol. The third-order valence-electron chi connectivity index (χ3n) is 10.6. The van der Waals surface area contributed by atoms with Gasteiger partial charge >= 0.3 is 29.9 Å². The van der Waals surface area contributed by atoms with Gasteiger partial charge in [-0.25, -0.2) is 24.4 Å². The van der Waals surface area contributed by atoms with Crippen LogP contribution in [0.2, 0.25) is 0 Å². The minimum Gasteiger partial charge on any atom is -0.481 e. The quantitative estimate of drug-likeness (QED) is 0.0335. The fourth-order valence-electron chi connectivity index (χ4n) is 7.14. The SMILES string of the molecule is C.Cn1ccnc1CN(CCCC[C@H](CC(=O)CCCCCCC(=O)NCCCC[C@H](NC(=O)N[C@@H](CCC(=O)OC(C)(C)C)C(=O)OC(C)(C)C)C(=O)OC(C)(C)C)C(=O)O)Cc1nccn1C. The number of aliphatic carboxylic acids is 1. The monoisotopic (exact) mass is 975 g/mol. The number of carboxylic acids is 1. The lowest BCUT2D eigenvalue weighted by Gasteiger charge is -2.27. The van der Waals surface area contributed by atoms with Gasteiger partial charge in [-0.2, -0.15) is 0 Å². The van der Waals surface area contributed by atoms with Crippen LogP contribution in [-0.4, -0.2) is 113 Å². The van der Waals surface area contributed by atoms with Crippen LogP contribution < -0.4 is 16.0 Å². The van der Waals surface area contributed by atoms with Crippen molar-refractivity contribution in [3.63, 3.8) is 0 Å². The molecule has 0 aromatic carbocycles. The van der Waals surface area contributed by atoms with Crippen LogP contribution in [0.3, 0.4) is 0 Å². The van der Waals surface area contributed by atoms with Crippen molar-refractivity contribution in [2.24, 2.45) is 20.0 Å². The van der Waals surface area contributed by atoms with Gasteiger partial charge < -0.3 is 44.4 Å². The van der Waals surface area contributed by atoms with Crippen LogP contribution in [0.25, 0.3) is 0 Å². The summed E-state index contributed by atoms with van der Waals surface area (Å²) in [4.78, 5) is 100. The van der Waals surface area contributed by atoms with Crippen molar-refractivity contribution in [3.05, 3.63) is 36.4 Å². The van der Waals surface area contributed by atoms with Crippen molar-refractivity contribution in [1.82, 2.24) is 40.0 Å². The first kappa shape index (κ1) is 61.7. The molecule has 69 heavy (non-hydrogen) atoms. The van der Waals surface area contributed by atoms with Crippen LogP contribution in [-0.2, 0) is 70.2 Å². The summed E-state index contributed by atoms with van der Waals surface area (Å²) in [5.41, 5.74) is -2.42. The van der Waals surface area contributed by atoms with E-state index in [0.29, 0.717) is 71.0 Å². The predicted molar refractivity (Wildman–Crippen MR) is 262 cm³/mol. The number of ketones is 1. The average molecular weight is 975 g/mol. The lowest BCUT2D eigenvalue weighted by molar-refractivity contribution is -0.159. The molecule has 0 aliphatic carbocycles. The number of carbonyl (C=O) groups is 7. The van der Waals surface area contributed by atoms with E-state index in [4.69, 9.17) is 14.2 Å². The van der Waals surface area contributed by atoms with Crippen LogP contribution in [0.1, 0.15) is 178 Å². The Bertz CT molecular complexity index is 1870. The lowest BCUT2D eigenvalue weighted by atomic mass is 9.94. The average Bonchev–Trinajstić information content (AvgIpc) is 3.81. The van der Waals surface area contributed by atoms with E-state index in [1.807, 2.05) is 35.6 Å². The molecule has 4 N–H and O–H groups in total. The number of urea groups is 1. The van der Waals surface area contributed by atoms with Gasteiger partial charge in [0.15, 0.2) is 0 Å². The molecular formula is C50H86N8O11. The summed E-state index contributed by atoms with van der Waals surface area (Å²) >= 11 is 0. The zero-order valence-corrected chi connectivity index (χ0v) is 42.7. The fourth-order valence-corrected chi connectivity index (χ4v) is 7.14. The van der Waals surface area contributed by atoms with Crippen LogP contribution in [0.5, 0.6) is 0 Å². The molecule has 19 nitrogen and oxygen atoms in total. The smallest absolute Gasteiger partial charge is 0.329 e. The standard InChI is InChI=1S/C49H82N8O11.CH4/c1-47(2,3)66-42(60)25-24-38(45(64)68-49(7,8)9)54-46(65)53-37(44(63)67-48(4,5)6)22-16-18-26-52-41(59)23-15-13-12-14-21-36(58)32-35(43(61)62)20-17-19-29-57(33-39-50-27-30-55(39)10)34-40-51-28-31-56(40)11;/h27-28,30-31,35,37-38H,12-26,29,32-34H2,1-11H3,(H,52,59)(H,61,62)(H2,53,54,65);1H4/t35-,37+,38+;/m1./s1. The zero-order chi connectivity index (χ0) is 51.1. The van der Waals surface area contributed by atoms with E-state index in [-0.39, 0.29) is 44.8 Å². The molecule has 0 radical (unpaired) electrons. The second kappa shape index (κ2) is 30.3. The van der Waals surface area contributed by atoms with E-state index in [0.717, 1.165) is 37.5 Å². The normalized spacial score (nSPS) is 13.1. The van der Waals surface area contributed by atoms with E-state index in [9.17, 15) is 38.7 Å². The molecule has 2 rings (SSSR count). The molecule has 19 heteroatoms. The molecule has 0 saturated heterocycles. The number of aromatic nitrogens is 4. The van der Waals surface area contributed by atoms with Gasteiger partial charge in [-0.05, 0) is 120 Å². The number of carbonyl (C=O) groups excluding carboxylic acids is 6. The summed E-state index contributed by atoms with van der Waals surface area (Å²) in [5, 5.41) is 17.9. The first-order chi connectivity index (χ1) is 31.7. The van der Waals surface area contributed by atoms with Crippen molar-refractivity contribution in [2.45, 2.75) is 208 Å². The van der Waals surface area contributed by atoms with E-state index < -0.39 is 64.7 Å². The second-order valence-corrected chi connectivity index (χ2v) is 20.6. The molecule has 2 aromatic rings. The molecule has 0 fully saturated rings. The summed E-state index contributed by atoms with van der Waals surface area (Å²) in [6.45, 7) is 17.7. The third kappa shape index (κ3) is 28.1. The number of Topliss-reactive ketones (excluding diaryl/α,β-unsaturated/α-hetero) is 1. The van der Waals surface area contributed by atoms with Gasteiger partial charge in [0.1, 0.15) is 46.3 Å². The number of hydrogen-bond donors (Lipinski definition) is 4. The maximum absolute atomic E-state index is 13.2. The van der Waals surface area contributed by atoms with Gasteiger partial charge in [0.05, 0.1) is 19.0 Å². The van der Waals surface area contributed by atoms with Gasteiger partial charge in [0.25, 0.3) is 0 Å². The molecule has 0 saturated carbocycles. The van der Waals surface area contributed by atoms with Crippen molar-refractivity contribution in [1.29, 1.82) is 0 Å². The van der Waals surface area contributed by atoms with E-state index in [2.05, 4.69) is 30.8 Å². The highest BCUT2D eigenvalue weighted by Gasteiger charge is 2.31. The molecule has 0 unspecified atom stereocenters. The minimum atomic E-state index is -1.20. The Morgan fingerprint density at radius 3 is 1.61 bits per heavy atom. The Kier molecular flexibility index (Phi) is 27.1. The first-order valence-corrected chi connectivity index (χ1v) is 24.1. The zero-order valence-electron chi connectivity index (χ0n) is 42.7. The number of esters is 3. The van der Waals surface area contributed by atoms with Crippen molar-refractivity contribution < 1.29 is 52.9 Å². The fraction of sp³-hybridized carbons (Fsp3) is 0.740. The van der Waals surface area contributed by atoms with E-state index >= 15 is 0 Å². The number of imidazole rings is 2. The van der Waals surface area contributed by atoms with Gasteiger partial charge in [-0.1, -0.05) is 26.7 Å². The Morgan fingerprint density at radius 2 is 1.13 bits per heavy atom. The van der Waals surface area contributed by atoms with Crippen molar-refractivity contribution in [3.8, 4) is 0 Å². The highest BCUT2D eigenvalue weighted by molar-refractivity contribution is 5.87. The summed E-state index contributed by atoms with van der Waals surface area (Å²) in [7, 11) is 3.91. The van der Waals surface area contributed by atoms with Crippen LogP contribution >= 0.6 is 0 Å². The van der Waals surface area contributed by atoms with E-state index in [1.165, 1.54) is 0 Å². The van der Waals surface area contributed by atoms with Gasteiger partial charge in [0, 0.05) is 71.1 Å². The molecule has 2 aromatic heterocycles. The molecule has 2 heterocycles. The summed E-state index contributed by atoms with van der Waals surface area (Å²) in [6.07, 6.45) is 13.5. The largest absolute Gasteiger partial charge is 0.481 e. The summed E-state index contributed by atoms with van der Waals surface area (Å²) in [5.74, 6) is -1.96. The third-order valence-corrected chi connectivity index (χ3v) is 10.6. The minimum absolute atomic E-state index is 0. The summed E-state index contributed by atoms with van der Waals surface area (Å²) < 4.78 is 20.3. The molecule has 0 bridgehead atoms. The number of amides is 3. The Hall–Kier alpha value is -5.33. The molecule has 3 atom stereocenters. The number of rotatable bonds is 31. The van der Waals surface area contributed by atoms with Gasteiger partial charge in [-0.15, -0.1) is 0 Å². The first-order valence-electron chi connectivity index (χ1n) is 24.1. The highest BCUT2D eigenvalue weighted by atomic mass is 16.6. The van der Waals surface area contributed by atoms with Gasteiger partial charge in [0.2, 0.25) is 5.91 Å². The van der Waals surface area contributed by atoms with E-state index in [1.54, 1.807) is 74.7 Å². The Morgan fingerprint density at radius 1 is 0.638 bits per heavy atom. The highest BCUT2D eigenvalue weighted by Crippen LogP contribution is 2.19. The molecule has 0 aliphatic rings. The number of hydrogen-bond acceptors (Lipinski definition) is 13. The van der Waals surface area contributed by atoms with Crippen LogP contribution in [0, 0.1) is 5.92 Å². The molecule has 392 valence electrons. The van der Waals surface area contributed by atoms with Crippen LogP contribution in [0.15, 0.2) is 24.8 Å². The Labute approximate surface area is 411 Å². The number of aryl methyl sites for hydroxylation is 2. The predicted octanol–water partition coefficient (Wildman–Crippen LogP) is 7.09. The van der Waals surface area contributed by atoms with Crippen LogP contribution in [0.4, 0.5) is 4.79 Å². The number of nitrogens with one attached hydrogen (secondary N) is 3. The summed E-state index contributed by atoms with van der Waals surface area (Å²) in [6, 6.07) is -3.08.